The van der Waals surface area contributed by atoms with Crippen molar-refractivity contribution in [2.75, 3.05) is 0 Å². The summed E-state index contributed by atoms with van der Waals surface area (Å²) in [6.07, 6.45) is 5.21. The molecule has 0 aliphatic heterocycles. The summed E-state index contributed by atoms with van der Waals surface area (Å²) in [6.45, 7) is 2.52. The molecule has 0 unspecified atom stereocenters. The molecule has 0 aliphatic rings. The van der Waals surface area contributed by atoms with Gasteiger partial charge in [0, 0.05) is 29.1 Å². The molecule has 118 valence electrons. The molecule has 0 amide bonds. The van der Waals surface area contributed by atoms with Crippen LogP contribution in [0.5, 0.6) is 0 Å². The molecule has 0 aliphatic carbocycles. The van der Waals surface area contributed by atoms with E-state index in [4.69, 9.17) is 0 Å². The van der Waals surface area contributed by atoms with Gasteiger partial charge in [-0.05, 0) is 31.2 Å². The van der Waals surface area contributed by atoms with E-state index < -0.39 is 0 Å². The molecule has 0 saturated heterocycles. The molecule has 3 rings (SSSR count). The van der Waals surface area contributed by atoms with Crippen LogP contribution in [-0.2, 0) is 6.54 Å². The van der Waals surface area contributed by atoms with Crippen LogP contribution in [-0.4, -0.2) is 20.5 Å². The SMILES string of the molecule is Cc1ccc(C#Cc2ccc(/C(Cn3ccnc3)=N/O)cc2)cc1. The second kappa shape index (κ2) is 7.30. The number of aryl methyl sites for hydroxylation is 1. The van der Waals surface area contributed by atoms with Crippen LogP contribution in [0.2, 0.25) is 0 Å². The Balaban J connectivity index is 1.74. The number of aromatic nitrogens is 2. The summed E-state index contributed by atoms with van der Waals surface area (Å²) in [5.41, 5.74) is 4.55. The minimum absolute atomic E-state index is 0.463. The lowest BCUT2D eigenvalue weighted by molar-refractivity contribution is 0.317. The van der Waals surface area contributed by atoms with Gasteiger partial charge in [0.1, 0.15) is 5.71 Å². The first-order chi connectivity index (χ1) is 11.7. The number of nitrogens with zero attached hydrogens (tertiary/aromatic N) is 3. The van der Waals surface area contributed by atoms with Crippen LogP contribution < -0.4 is 0 Å². The standard InChI is InChI=1S/C20H17N3O/c1-16-2-4-17(5-3-16)6-7-18-8-10-19(11-9-18)20(22-24)14-23-13-12-21-15-23/h2-5,8-13,15,24H,14H2,1H3/b22-20+. The summed E-state index contributed by atoms with van der Waals surface area (Å²) in [4.78, 5) is 3.98. The van der Waals surface area contributed by atoms with Crippen molar-refractivity contribution < 1.29 is 5.21 Å². The number of oxime groups is 1. The third-order valence-corrected chi connectivity index (χ3v) is 3.63. The minimum atomic E-state index is 0.463. The van der Waals surface area contributed by atoms with E-state index in [1.165, 1.54) is 5.56 Å². The molecule has 24 heavy (non-hydrogen) atoms. The van der Waals surface area contributed by atoms with Gasteiger partial charge in [-0.1, -0.05) is 46.8 Å². The molecule has 2 aromatic carbocycles. The lowest BCUT2D eigenvalue weighted by Crippen LogP contribution is -2.10. The predicted molar refractivity (Wildman–Crippen MR) is 94.2 cm³/mol. The second-order valence-electron chi connectivity index (χ2n) is 5.48. The lowest BCUT2D eigenvalue weighted by atomic mass is 10.1. The minimum Gasteiger partial charge on any atom is -0.411 e. The van der Waals surface area contributed by atoms with E-state index in [-0.39, 0.29) is 0 Å². The van der Waals surface area contributed by atoms with Crippen LogP contribution >= 0.6 is 0 Å². The van der Waals surface area contributed by atoms with E-state index in [9.17, 15) is 5.21 Å². The van der Waals surface area contributed by atoms with Gasteiger partial charge in [-0.15, -0.1) is 0 Å². The second-order valence-corrected chi connectivity index (χ2v) is 5.48. The normalized spacial score (nSPS) is 11.0. The molecule has 0 radical (unpaired) electrons. The third kappa shape index (κ3) is 3.90. The third-order valence-electron chi connectivity index (χ3n) is 3.63. The average molecular weight is 315 g/mol. The van der Waals surface area contributed by atoms with E-state index in [1.54, 1.807) is 12.5 Å². The Bertz CT molecular complexity index is 881. The van der Waals surface area contributed by atoms with Crippen LogP contribution in [0.3, 0.4) is 0 Å². The first-order valence-corrected chi connectivity index (χ1v) is 7.60. The monoisotopic (exact) mass is 315 g/mol. The largest absolute Gasteiger partial charge is 0.411 e. The zero-order valence-electron chi connectivity index (χ0n) is 13.3. The Morgan fingerprint density at radius 2 is 1.67 bits per heavy atom. The maximum atomic E-state index is 9.25. The molecule has 0 atom stereocenters. The molecule has 0 bridgehead atoms. The Hall–Kier alpha value is -3.32. The fraction of sp³-hybridized carbons (Fsp3) is 0.100. The molecule has 3 aromatic rings. The molecule has 0 fully saturated rings. The molecule has 1 aromatic heterocycles. The molecule has 0 saturated carbocycles. The Kier molecular flexibility index (Phi) is 4.73. The summed E-state index contributed by atoms with van der Waals surface area (Å²) in [6, 6.07) is 15.8. The Labute approximate surface area is 141 Å². The van der Waals surface area contributed by atoms with Crippen LogP contribution in [0.25, 0.3) is 0 Å². The molecule has 1 heterocycles. The molecule has 4 nitrogen and oxygen atoms in total. The maximum Gasteiger partial charge on any atom is 0.106 e. The van der Waals surface area contributed by atoms with E-state index in [0.29, 0.717) is 12.3 Å². The van der Waals surface area contributed by atoms with Gasteiger partial charge < -0.3 is 9.77 Å². The van der Waals surface area contributed by atoms with Crippen molar-refractivity contribution in [3.8, 4) is 11.8 Å². The zero-order chi connectivity index (χ0) is 16.8. The van der Waals surface area contributed by atoms with Gasteiger partial charge in [-0.25, -0.2) is 4.98 Å². The van der Waals surface area contributed by atoms with Crippen LogP contribution in [0, 0.1) is 18.8 Å². The molecular weight excluding hydrogens is 298 g/mol. The highest BCUT2D eigenvalue weighted by atomic mass is 16.4. The van der Waals surface area contributed by atoms with E-state index >= 15 is 0 Å². The van der Waals surface area contributed by atoms with Crippen molar-refractivity contribution >= 4 is 5.71 Å². The Morgan fingerprint density at radius 3 is 2.21 bits per heavy atom. The summed E-state index contributed by atoms with van der Waals surface area (Å²) < 4.78 is 1.85. The highest BCUT2D eigenvalue weighted by Crippen LogP contribution is 2.08. The molecular formula is C20H17N3O. The summed E-state index contributed by atoms with van der Waals surface area (Å²) >= 11 is 0. The fourth-order valence-corrected chi connectivity index (χ4v) is 2.26. The summed E-state index contributed by atoms with van der Waals surface area (Å²) in [7, 11) is 0. The van der Waals surface area contributed by atoms with Gasteiger partial charge in [0.15, 0.2) is 0 Å². The number of benzene rings is 2. The fourth-order valence-electron chi connectivity index (χ4n) is 2.26. The van der Waals surface area contributed by atoms with Gasteiger partial charge in [-0.2, -0.15) is 0 Å². The van der Waals surface area contributed by atoms with Crippen molar-refractivity contribution in [3.63, 3.8) is 0 Å². The van der Waals surface area contributed by atoms with Gasteiger partial charge in [0.05, 0.1) is 12.9 Å². The molecule has 1 N–H and O–H groups in total. The maximum absolute atomic E-state index is 9.25. The molecule has 4 heteroatoms. The van der Waals surface area contributed by atoms with Gasteiger partial charge in [-0.3, -0.25) is 0 Å². The van der Waals surface area contributed by atoms with Crippen LogP contribution in [0.15, 0.2) is 72.4 Å². The van der Waals surface area contributed by atoms with Crippen molar-refractivity contribution in [2.24, 2.45) is 5.16 Å². The average Bonchev–Trinajstić information content (AvgIpc) is 3.13. The first kappa shape index (κ1) is 15.6. The van der Waals surface area contributed by atoms with Crippen molar-refractivity contribution in [1.29, 1.82) is 0 Å². The predicted octanol–water partition coefficient (Wildman–Crippen LogP) is 3.47. The smallest absolute Gasteiger partial charge is 0.106 e. The van der Waals surface area contributed by atoms with Gasteiger partial charge in [0.2, 0.25) is 0 Å². The highest BCUT2D eigenvalue weighted by molar-refractivity contribution is 6.00. The quantitative estimate of drug-likeness (QED) is 0.348. The number of hydrogen-bond acceptors (Lipinski definition) is 3. The number of rotatable bonds is 3. The number of imidazole rings is 1. The van der Waals surface area contributed by atoms with Crippen molar-refractivity contribution in [1.82, 2.24) is 9.55 Å². The summed E-state index contributed by atoms with van der Waals surface area (Å²) in [5.74, 6) is 6.29. The van der Waals surface area contributed by atoms with Gasteiger partial charge in [0.25, 0.3) is 0 Å². The Morgan fingerprint density at radius 1 is 1.04 bits per heavy atom. The summed E-state index contributed by atoms with van der Waals surface area (Å²) in [5, 5.41) is 12.6. The van der Waals surface area contributed by atoms with E-state index in [0.717, 1.165) is 16.7 Å². The van der Waals surface area contributed by atoms with Crippen LogP contribution in [0.1, 0.15) is 22.3 Å². The molecule has 0 spiro atoms. The zero-order valence-corrected chi connectivity index (χ0v) is 13.3. The van der Waals surface area contributed by atoms with E-state index in [2.05, 4.69) is 28.9 Å². The van der Waals surface area contributed by atoms with Crippen molar-refractivity contribution in [3.05, 3.63) is 89.5 Å². The van der Waals surface area contributed by atoms with Crippen LogP contribution in [0.4, 0.5) is 0 Å². The number of hydrogen-bond donors (Lipinski definition) is 1. The topological polar surface area (TPSA) is 50.4 Å². The van der Waals surface area contributed by atoms with Gasteiger partial charge >= 0.3 is 0 Å². The lowest BCUT2D eigenvalue weighted by Gasteiger charge is -2.05. The highest BCUT2D eigenvalue weighted by Gasteiger charge is 2.05. The first-order valence-electron chi connectivity index (χ1n) is 7.60. The van der Waals surface area contributed by atoms with E-state index in [1.807, 2.05) is 59.3 Å². The van der Waals surface area contributed by atoms with Crippen molar-refractivity contribution in [2.45, 2.75) is 13.5 Å².